The fourth-order valence-corrected chi connectivity index (χ4v) is 2.43. The first-order valence-electron chi connectivity index (χ1n) is 7.99. The van der Waals surface area contributed by atoms with Gasteiger partial charge in [0, 0.05) is 5.46 Å². The molecule has 120 valence electrons. The van der Waals surface area contributed by atoms with Gasteiger partial charge >= 0.3 is 7.12 Å². The molecule has 22 heavy (non-hydrogen) atoms. The van der Waals surface area contributed by atoms with Crippen LogP contribution in [-0.2, 0) is 9.31 Å². The Balaban J connectivity index is 1.86. The molecule has 5 heteroatoms. The van der Waals surface area contributed by atoms with Crippen molar-refractivity contribution in [2.75, 3.05) is 13.7 Å². The molecule has 1 aromatic carbocycles. The predicted octanol–water partition coefficient (Wildman–Crippen LogP) is 2.78. The lowest BCUT2D eigenvalue weighted by Crippen LogP contribution is -2.41. The van der Waals surface area contributed by atoms with E-state index in [0.29, 0.717) is 5.92 Å². The van der Waals surface area contributed by atoms with Crippen molar-refractivity contribution in [2.45, 2.75) is 51.7 Å². The maximum absolute atomic E-state index is 6.15. The second-order valence-corrected chi connectivity index (χ2v) is 7.25. The highest BCUT2D eigenvalue weighted by molar-refractivity contribution is 6.63. The number of ether oxygens (including phenoxy) is 2. The topological polar surface area (TPSA) is 36.9 Å². The third-order valence-corrected chi connectivity index (χ3v) is 4.90. The summed E-state index contributed by atoms with van der Waals surface area (Å²) in [5.74, 6) is 2.31. The Morgan fingerprint density at radius 3 is 2.32 bits per heavy atom. The van der Waals surface area contributed by atoms with Crippen molar-refractivity contribution in [3.63, 3.8) is 0 Å². The molecule has 1 saturated heterocycles. The van der Waals surface area contributed by atoms with E-state index in [1.165, 1.54) is 12.8 Å². The maximum Gasteiger partial charge on any atom is 0.498 e. The molecule has 1 heterocycles. The Morgan fingerprint density at radius 1 is 1.14 bits per heavy atom. The lowest BCUT2D eigenvalue weighted by molar-refractivity contribution is 0.00578. The van der Waals surface area contributed by atoms with Gasteiger partial charge in [-0.3, -0.25) is 0 Å². The van der Waals surface area contributed by atoms with E-state index < -0.39 is 7.12 Å². The molecule has 0 aromatic heterocycles. The van der Waals surface area contributed by atoms with Gasteiger partial charge in [-0.1, -0.05) is 0 Å². The highest BCUT2D eigenvalue weighted by atomic mass is 16.7. The van der Waals surface area contributed by atoms with E-state index >= 15 is 0 Å². The van der Waals surface area contributed by atoms with E-state index in [-0.39, 0.29) is 11.2 Å². The zero-order chi connectivity index (χ0) is 16.0. The Kier molecular flexibility index (Phi) is 3.90. The van der Waals surface area contributed by atoms with Crippen LogP contribution in [-0.4, -0.2) is 32.0 Å². The third kappa shape index (κ3) is 2.97. The minimum Gasteiger partial charge on any atom is -0.497 e. The van der Waals surface area contributed by atoms with Gasteiger partial charge in [-0.05, 0) is 64.7 Å². The summed E-state index contributed by atoms with van der Waals surface area (Å²) in [4.78, 5) is 0. The normalized spacial score (nSPS) is 22.7. The molecule has 0 atom stereocenters. The molecule has 0 radical (unpaired) electrons. The standard InChI is InChI=1S/C17H25BO4/c1-16(2)17(3,4)22-18(21-16)14-10-13(19-5)8-9-15(14)20-11-12-6-7-12/h8-10,12H,6-7,11H2,1-5H3. The van der Waals surface area contributed by atoms with Crippen LogP contribution in [0.25, 0.3) is 0 Å². The van der Waals surface area contributed by atoms with Gasteiger partial charge in [-0.15, -0.1) is 0 Å². The highest BCUT2D eigenvalue weighted by Gasteiger charge is 2.52. The SMILES string of the molecule is COc1ccc(OCC2CC2)c(B2OC(C)(C)C(C)(C)O2)c1. The molecule has 1 aliphatic carbocycles. The van der Waals surface area contributed by atoms with Gasteiger partial charge < -0.3 is 18.8 Å². The van der Waals surface area contributed by atoms with Crippen LogP contribution in [0.2, 0.25) is 0 Å². The molecule has 3 rings (SSSR count). The molecule has 2 aliphatic rings. The molecule has 1 aromatic rings. The van der Waals surface area contributed by atoms with Crippen LogP contribution in [0.5, 0.6) is 11.5 Å². The molecule has 1 saturated carbocycles. The summed E-state index contributed by atoms with van der Waals surface area (Å²) >= 11 is 0. The second kappa shape index (κ2) is 5.46. The Labute approximate surface area is 133 Å². The Morgan fingerprint density at radius 2 is 1.77 bits per heavy atom. The minimum absolute atomic E-state index is 0.367. The van der Waals surface area contributed by atoms with Crippen molar-refractivity contribution in [3.8, 4) is 11.5 Å². The van der Waals surface area contributed by atoms with E-state index in [1.807, 2.05) is 18.2 Å². The van der Waals surface area contributed by atoms with E-state index in [1.54, 1.807) is 7.11 Å². The fourth-order valence-electron chi connectivity index (χ4n) is 2.43. The average molecular weight is 304 g/mol. The van der Waals surface area contributed by atoms with E-state index in [9.17, 15) is 0 Å². The number of hydrogen-bond donors (Lipinski definition) is 0. The smallest absolute Gasteiger partial charge is 0.497 e. The lowest BCUT2D eigenvalue weighted by Gasteiger charge is -2.32. The van der Waals surface area contributed by atoms with E-state index in [0.717, 1.165) is 23.6 Å². The summed E-state index contributed by atoms with van der Waals surface area (Å²) in [5.41, 5.74) is 0.168. The molecular weight excluding hydrogens is 279 g/mol. The number of rotatable bonds is 5. The number of benzene rings is 1. The van der Waals surface area contributed by atoms with E-state index in [2.05, 4.69) is 27.7 Å². The Bertz CT molecular complexity index is 536. The Hall–Kier alpha value is -1.20. The fraction of sp³-hybridized carbons (Fsp3) is 0.647. The van der Waals surface area contributed by atoms with Crippen molar-refractivity contribution < 1.29 is 18.8 Å². The first-order valence-corrected chi connectivity index (χ1v) is 7.99. The van der Waals surface area contributed by atoms with Crippen molar-refractivity contribution in [1.29, 1.82) is 0 Å². The van der Waals surface area contributed by atoms with Crippen LogP contribution in [0.15, 0.2) is 18.2 Å². The van der Waals surface area contributed by atoms with Gasteiger partial charge in [0.25, 0.3) is 0 Å². The van der Waals surface area contributed by atoms with Crippen molar-refractivity contribution in [3.05, 3.63) is 18.2 Å². The molecular formula is C17H25BO4. The van der Waals surface area contributed by atoms with Gasteiger partial charge in [0.15, 0.2) is 0 Å². The van der Waals surface area contributed by atoms with Crippen LogP contribution in [0.1, 0.15) is 40.5 Å². The number of methoxy groups -OCH3 is 1. The van der Waals surface area contributed by atoms with Crippen LogP contribution in [0.4, 0.5) is 0 Å². The van der Waals surface area contributed by atoms with Crippen molar-refractivity contribution in [2.24, 2.45) is 5.92 Å². The lowest BCUT2D eigenvalue weighted by atomic mass is 9.78. The maximum atomic E-state index is 6.15. The molecule has 0 spiro atoms. The summed E-state index contributed by atoms with van der Waals surface area (Å²) in [6.45, 7) is 8.98. The summed E-state index contributed by atoms with van der Waals surface area (Å²) in [5, 5.41) is 0. The van der Waals surface area contributed by atoms with Gasteiger partial charge in [0.2, 0.25) is 0 Å². The van der Waals surface area contributed by atoms with Gasteiger partial charge in [-0.2, -0.15) is 0 Å². The molecule has 0 N–H and O–H groups in total. The van der Waals surface area contributed by atoms with Crippen molar-refractivity contribution >= 4 is 12.6 Å². The molecule has 0 unspecified atom stereocenters. The van der Waals surface area contributed by atoms with Gasteiger partial charge in [0.1, 0.15) is 11.5 Å². The summed E-state index contributed by atoms with van der Waals surface area (Å²) in [6, 6.07) is 5.81. The van der Waals surface area contributed by atoms with E-state index in [4.69, 9.17) is 18.8 Å². The van der Waals surface area contributed by atoms with Gasteiger partial charge in [0.05, 0.1) is 24.9 Å². The summed E-state index contributed by atoms with van der Waals surface area (Å²) in [6.07, 6.45) is 2.53. The quantitative estimate of drug-likeness (QED) is 0.784. The first kappa shape index (κ1) is 15.7. The zero-order valence-corrected chi connectivity index (χ0v) is 14.1. The van der Waals surface area contributed by atoms with Crippen LogP contribution in [0.3, 0.4) is 0 Å². The molecule has 0 amide bonds. The van der Waals surface area contributed by atoms with Crippen LogP contribution >= 0.6 is 0 Å². The third-order valence-electron chi connectivity index (χ3n) is 4.90. The number of hydrogen-bond acceptors (Lipinski definition) is 4. The highest BCUT2D eigenvalue weighted by Crippen LogP contribution is 2.37. The minimum atomic E-state index is -0.436. The molecule has 2 fully saturated rings. The zero-order valence-electron chi connectivity index (χ0n) is 14.1. The molecule has 1 aliphatic heterocycles. The molecule has 4 nitrogen and oxygen atoms in total. The van der Waals surface area contributed by atoms with Crippen LogP contribution < -0.4 is 14.9 Å². The van der Waals surface area contributed by atoms with Gasteiger partial charge in [-0.25, -0.2) is 0 Å². The first-order chi connectivity index (χ1) is 10.3. The summed E-state index contributed by atoms with van der Waals surface area (Å²) < 4.78 is 23.6. The summed E-state index contributed by atoms with van der Waals surface area (Å²) in [7, 11) is 1.22. The largest absolute Gasteiger partial charge is 0.498 e. The predicted molar refractivity (Wildman–Crippen MR) is 86.9 cm³/mol. The van der Waals surface area contributed by atoms with Crippen molar-refractivity contribution in [1.82, 2.24) is 0 Å². The monoisotopic (exact) mass is 304 g/mol. The molecule has 0 bridgehead atoms. The van der Waals surface area contributed by atoms with Crippen LogP contribution in [0, 0.1) is 5.92 Å². The second-order valence-electron chi connectivity index (χ2n) is 7.25. The average Bonchev–Trinajstić information content (AvgIpc) is 3.24.